The molecule has 0 unspecified atom stereocenters. The van der Waals surface area contributed by atoms with E-state index in [1.54, 1.807) is 4.90 Å². The number of nitrogens with one attached hydrogen (secondary N) is 3. The fourth-order valence-corrected chi connectivity index (χ4v) is 6.58. The summed E-state index contributed by atoms with van der Waals surface area (Å²) >= 11 is 0. The van der Waals surface area contributed by atoms with Crippen molar-refractivity contribution in [3.05, 3.63) is 36.0 Å². The Kier molecular flexibility index (Phi) is 7.11. The SMILES string of the molecule is CC(C)n1c(C(=O)N2CCC3(CC3)C[C@H]2C(=O)N[C@@H](C[C@@H]2CCNC2=O)C(=O)C(=O)NC2CC2)cc2ccccc21. The van der Waals surface area contributed by atoms with Crippen LogP contribution in [0.2, 0.25) is 0 Å². The number of likely N-dealkylation sites (tertiary alicyclic amines) is 1. The zero-order valence-corrected chi connectivity index (χ0v) is 23.8. The summed E-state index contributed by atoms with van der Waals surface area (Å²) in [6.07, 6.45) is 5.63. The number of amides is 4. The van der Waals surface area contributed by atoms with Gasteiger partial charge in [-0.1, -0.05) is 18.2 Å². The topological polar surface area (TPSA) is 130 Å². The zero-order valence-electron chi connectivity index (χ0n) is 23.8. The van der Waals surface area contributed by atoms with E-state index in [-0.39, 0.29) is 35.7 Å². The first kappa shape index (κ1) is 27.5. The molecule has 2 aliphatic carbocycles. The van der Waals surface area contributed by atoms with E-state index in [1.165, 1.54) is 0 Å². The molecule has 3 atom stereocenters. The summed E-state index contributed by atoms with van der Waals surface area (Å²) in [4.78, 5) is 68.1. The summed E-state index contributed by atoms with van der Waals surface area (Å²) in [7, 11) is 0. The lowest BCUT2D eigenvalue weighted by Gasteiger charge is -2.39. The molecule has 41 heavy (non-hydrogen) atoms. The summed E-state index contributed by atoms with van der Waals surface area (Å²) in [5.74, 6) is -2.75. The highest BCUT2D eigenvalue weighted by atomic mass is 16.2. The number of hydrogen-bond donors (Lipinski definition) is 3. The maximum absolute atomic E-state index is 14.2. The van der Waals surface area contributed by atoms with Gasteiger partial charge in [-0.3, -0.25) is 24.0 Å². The van der Waals surface area contributed by atoms with Crippen LogP contribution in [0.1, 0.15) is 81.7 Å². The molecule has 218 valence electrons. The van der Waals surface area contributed by atoms with Crippen molar-refractivity contribution in [3.8, 4) is 0 Å². The van der Waals surface area contributed by atoms with Crippen LogP contribution in [0.5, 0.6) is 0 Å². The minimum atomic E-state index is -1.13. The minimum Gasteiger partial charge on any atom is -0.356 e. The third kappa shape index (κ3) is 5.48. The van der Waals surface area contributed by atoms with Crippen LogP contribution < -0.4 is 16.0 Å². The Morgan fingerprint density at radius 1 is 1.07 bits per heavy atom. The lowest BCUT2D eigenvalue weighted by Crippen LogP contribution is -2.58. The van der Waals surface area contributed by atoms with Crippen molar-refractivity contribution in [2.45, 2.75) is 89.4 Å². The van der Waals surface area contributed by atoms with Crippen molar-refractivity contribution in [2.24, 2.45) is 11.3 Å². The molecule has 4 fully saturated rings. The smallest absolute Gasteiger partial charge is 0.289 e. The highest BCUT2D eigenvalue weighted by Gasteiger charge is 2.52. The van der Waals surface area contributed by atoms with Crippen molar-refractivity contribution in [3.63, 3.8) is 0 Å². The standard InChI is InChI=1S/C31H39N5O5/c1-18(2)36-23-6-4-3-5-19(23)16-24(36)30(41)35-14-12-31(10-11-31)17-25(35)28(39)34-22(15-20-9-13-32-27(20)38)26(37)29(40)33-21-7-8-21/h3-6,16,18,20-22,25H,7-15,17H2,1-2H3,(H,32,38)(H,33,40)(H,34,39)/t20-,22-,25-/m0/s1. The number of fused-ring (bicyclic) bond motifs is 1. The third-order valence-electron chi connectivity index (χ3n) is 9.34. The average Bonchev–Trinajstić information content (AvgIpc) is 3.85. The number of Topliss-reactive ketones (excluding diaryl/α,β-unsaturated/α-hetero) is 1. The number of rotatable bonds is 9. The molecule has 3 heterocycles. The zero-order chi connectivity index (χ0) is 28.9. The van der Waals surface area contributed by atoms with E-state index in [0.717, 1.165) is 43.0 Å². The fraction of sp³-hybridized carbons (Fsp3) is 0.581. The van der Waals surface area contributed by atoms with Crippen molar-refractivity contribution in [1.82, 2.24) is 25.4 Å². The summed E-state index contributed by atoms with van der Waals surface area (Å²) in [5.41, 5.74) is 1.53. The molecule has 2 aliphatic heterocycles. The van der Waals surface area contributed by atoms with Crippen LogP contribution in [0.15, 0.2) is 30.3 Å². The second-order valence-corrected chi connectivity index (χ2v) is 12.7. The lowest BCUT2D eigenvalue weighted by molar-refractivity contribution is -0.141. The molecule has 10 nitrogen and oxygen atoms in total. The van der Waals surface area contributed by atoms with E-state index in [4.69, 9.17) is 0 Å². The van der Waals surface area contributed by atoms with Crippen LogP contribution in [0.3, 0.4) is 0 Å². The fourth-order valence-electron chi connectivity index (χ4n) is 6.58. The van der Waals surface area contributed by atoms with E-state index in [9.17, 15) is 24.0 Å². The predicted octanol–water partition coefficient (Wildman–Crippen LogP) is 2.47. The number of nitrogens with zero attached hydrogens (tertiary/aromatic N) is 2. The number of aromatic nitrogens is 1. The number of ketones is 1. The molecule has 1 spiro atoms. The molecule has 1 aromatic carbocycles. The molecule has 1 aromatic heterocycles. The van der Waals surface area contributed by atoms with Crippen LogP contribution in [0.4, 0.5) is 0 Å². The van der Waals surface area contributed by atoms with Crippen LogP contribution in [-0.4, -0.2) is 70.1 Å². The van der Waals surface area contributed by atoms with Crippen molar-refractivity contribution >= 4 is 40.3 Å². The molecule has 2 saturated carbocycles. The van der Waals surface area contributed by atoms with Gasteiger partial charge in [-0.15, -0.1) is 0 Å². The van der Waals surface area contributed by atoms with E-state index >= 15 is 0 Å². The van der Waals surface area contributed by atoms with Gasteiger partial charge in [-0.25, -0.2) is 0 Å². The van der Waals surface area contributed by atoms with Gasteiger partial charge >= 0.3 is 0 Å². The quantitative estimate of drug-likeness (QED) is 0.405. The molecule has 6 rings (SSSR count). The maximum Gasteiger partial charge on any atom is 0.289 e. The second-order valence-electron chi connectivity index (χ2n) is 12.7. The third-order valence-corrected chi connectivity index (χ3v) is 9.34. The Bertz CT molecular complexity index is 1400. The van der Waals surface area contributed by atoms with Crippen LogP contribution in [0, 0.1) is 11.3 Å². The van der Waals surface area contributed by atoms with Crippen molar-refractivity contribution in [2.75, 3.05) is 13.1 Å². The Balaban J connectivity index is 1.27. The highest BCUT2D eigenvalue weighted by Crippen LogP contribution is 2.55. The van der Waals surface area contributed by atoms with Crippen LogP contribution >= 0.6 is 0 Å². The summed E-state index contributed by atoms with van der Waals surface area (Å²) in [6, 6.07) is 7.88. The lowest BCUT2D eigenvalue weighted by atomic mass is 9.86. The predicted molar refractivity (Wildman–Crippen MR) is 152 cm³/mol. The average molecular weight is 562 g/mol. The van der Waals surface area contributed by atoms with Gasteiger partial charge in [0.2, 0.25) is 17.6 Å². The summed E-state index contributed by atoms with van der Waals surface area (Å²) in [5, 5.41) is 9.29. The minimum absolute atomic E-state index is 0.00789. The monoisotopic (exact) mass is 561 g/mol. The van der Waals surface area contributed by atoms with Gasteiger partial charge in [0.25, 0.3) is 11.8 Å². The van der Waals surface area contributed by atoms with E-state index < -0.39 is 35.6 Å². The molecule has 0 radical (unpaired) electrons. The first-order chi connectivity index (χ1) is 19.7. The molecular weight excluding hydrogens is 522 g/mol. The molecule has 4 aliphatic rings. The van der Waals surface area contributed by atoms with Gasteiger partial charge < -0.3 is 25.4 Å². The van der Waals surface area contributed by atoms with Gasteiger partial charge in [0.15, 0.2) is 0 Å². The van der Waals surface area contributed by atoms with E-state index in [2.05, 4.69) is 16.0 Å². The van der Waals surface area contributed by atoms with Gasteiger partial charge in [0, 0.05) is 42.0 Å². The second kappa shape index (κ2) is 10.6. The van der Waals surface area contributed by atoms with Crippen LogP contribution in [-0.2, 0) is 19.2 Å². The Hall–Kier alpha value is -3.69. The van der Waals surface area contributed by atoms with Gasteiger partial charge in [0.05, 0.1) is 6.04 Å². The normalized spacial score (nSPS) is 23.9. The molecule has 2 aromatic rings. The Labute approximate surface area is 239 Å². The number of benzene rings is 1. The number of carbonyl (C=O) groups is 5. The van der Waals surface area contributed by atoms with E-state index in [0.29, 0.717) is 31.6 Å². The van der Waals surface area contributed by atoms with Crippen molar-refractivity contribution < 1.29 is 24.0 Å². The Morgan fingerprint density at radius 3 is 2.49 bits per heavy atom. The van der Waals surface area contributed by atoms with Crippen molar-refractivity contribution in [1.29, 1.82) is 0 Å². The number of para-hydroxylation sites is 1. The number of piperidine rings is 1. The first-order valence-corrected chi connectivity index (χ1v) is 15.0. The number of hydrogen-bond acceptors (Lipinski definition) is 5. The molecular formula is C31H39N5O5. The molecule has 10 heteroatoms. The van der Waals surface area contributed by atoms with Gasteiger partial charge in [0.1, 0.15) is 11.7 Å². The van der Waals surface area contributed by atoms with E-state index in [1.807, 2.05) is 48.7 Å². The summed E-state index contributed by atoms with van der Waals surface area (Å²) in [6.45, 7) is 5.02. The maximum atomic E-state index is 14.2. The highest BCUT2D eigenvalue weighted by molar-refractivity contribution is 6.38. The largest absolute Gasteiger partial charge is 0.356 e. The van der Waals surface area contributed by atoms with Crippen LogP contribution in [0.25, 0.3) is 10.9 Å². The molecule has 2 saturated heterocycles. The first-order valence-electron chi connectivity index (χ1n) is 15.0. The van der Waals surface area contributed by atoms with Gasteiger partial charge in [-0.2, -0.15) is 0 Å². The Morgan fingerprint density at radius 2 is 1.83 bits per heavy atom. The van der Waals surface area contributed by atoms with Gasteiger partial charge in [-0.05, 0) is 82.8 Å². The molecule has 4 amide bonds. The summed E-state index contributed by atoms with van der Waals surface area (Å²) < 4.78 is 2.02. The molecule has 0 bridgehead atoms. The molecule has 3 N–H and O–H groups in total. The number of carbonyl (C=O) groups excluding carboxylic acids is 5.